The summed E-state index contributed by atoms with van der Waals surface area (Å²) in [5.74, 6) is -3.66. The van der Waals surface area contributed by atoms with Gasteiger partial charge in [0.2, 0.25) is 23.6 Å². The third-order valence-corrected chi connectivity index (χ3v) is 7.43. The fourth-order valence-corrected chi connectivity index (χ4v) is 4.65. The minimum absolute atomic E-state index is 0.136. The molecule has 2 aromatic rings. The number of hydrogen-bond acceptors (Lipinski definition) is 7. The van der Waals surface area contributed by atoms with Gasteiger partial charge in [0.05, 0.1) is 6.04 Å². The van der Waals surface area contributed by atoms with E-state index < -0.39 is 53.8 Å². The van der Waals surface area contributed by atoms with Crippen LogP contribution >= 0.6 is 11.8 Å². The average Bonchev–Trinajstić information content (AvgIpc) is 3.33. The molecule has 0 radical (unpaired) electrons. The predicted octanol–water partition coefficient (Wildman–Crippen LogP) is 0.641. The second kappa shape index (κ2) is 15.9. The zero-order valence-corrected chi connectivity index (χ0v) is 23.9. The average molecular weight is 577 g/mol. The van der Waals surface area contributed by atoms with Crippen molar-refractivity contribution in [2.45, 2.75) is 70.1 Å². The number of thioether (sulfide) groups is 1. The summed E-state index contributed by atoms with van der Waals surface area (Å²) in [4.78, 5) is 65.6. The molecule has 1 heterocycles. The van der Waals surface area contributed by atoms with Gasteiger partial charge >= 0.3 is 5.97 Å². The number of carboxylic acids is 1. The minimum atomic E-state index is -1.24. The van der Waals surface area contributed by atoms with E-state index in [1.165, 1.54) is 11.8 Å². The summed E-state index contributed by atoms with van der Waals surface area (Å²) in [5.41, 5.74) is 13.2. The van der Waals surface area contributed by atoms with Crippen molar-refractivity contribution in [3.8, 4) is 0 Å². The number of carboxylic acid groups (broad SMARTS) is 1. The van der Waals surface area contributed by atoms with Crippen molar-refractivity contribution in [2.24, 2.45) is 17.4 Å². The molecule has 9 N–H and O–H groups in total. The van der Waals surface area contributed by atoms with Gasteiger partial charge in [0.1, 0.15) is 18.1 Å². The maximum Gasteiger partial charge on any atom is 0.326 e. The molecule has 0 aliphatic rings. The summed E-state index contributed by atoms with van der Waals surface area (Å²) in [6.07, 6.45) is 4.21. The van der Waals surface area contributed by atoms with Crippen molar-refractivity contribution in [1.82, 2.24) is 20.9 Å². The second-order valence-corrected chi connectivity index (χ2v) is 10.8. The fourth-order valence-electron chi connectivity index (χ4n) is 4.17. The Labute approximate surface area is 237 Å². The summed E-state index contributed by atoms with van der Waals surface area (Å²) in [7, 11) is 0. The summed E-state index contributed by atoms with van der Waals surface area (Å²) in [6.45, 7) is 3.63. The first-order valence-corrected chi connectivity index (χ1v) is 14.6. The molecular formula is C27H40N6O6S. The third-order valence-electron chi connectivity index (χ3n) is 6.78. The Hall–Kier alpha value is -3.58. The van der Waals surface area contributed by atoms with Gasteiger partial charge in [0.15, 0.2) is 0 Å². The van der Waals surface area contributed by atoms with E-state index in [1.54, 1.807) is 13.1 Å². The third kappa shape index (κ3) is 9.56. The molecule has 0 bridgehead atoms. The molecule has 220 valence electrons. The quantitative estimate of drug-likeness (QED) is 0.142. The number of rotatable bonds is 17. The first-order chi connectivity index (χ1) is 19.0. The van der Waals surface area contributed by atoms with E-state index in [-0.39, 0.29) is 31.6 Å². The predicted molar refractivity (Wildman–Crippen MR) is 154 cm³/mol. The highest BCUT2D eigenvalue weighted by Crippen LogP contribution is 2.19. The van der Waals surface area contributed by atoms with Crippen molar-refractivity contribution in [1.29, 1.82) is 0 Å². The van der Waals surface area contributed by atoms with Crippen LogP contribution in [0.4, 0.5) is 0 Å². The number of primary amides is 1. The number of para-hydroxylation sites is 1. The number of nitrogens with two attached hydrogens (primary N) is 2. The number of benzene rings is 1. The van der Waals surface area contributed by atoms with Crippen molar-refractivity contribution in [2.75, 3.05) is 12.0 Å². The number of aromatic nitrogens is 1. The maximum absolute atomic E-state index is 13.4. The Morgan fingerprint density at radius 2 is 1.68 bits per heavy atom. The molecule has 0 aliphatic heterocycles. The van der Waals surface area contributed by atoms with Crippen LogP contribution in [0.3, 0.4) is 0 Å². The molecule has 0 fully saturated rings. The summed E-state index contributed by atoms with van der Waals surface area (Å²) in [6, 6.07) is 3.26. The van der Waals surface area contributed by atoms with Crippen LogP contribution in [0.25, 0.3) is 10.9 Å². The highest BCUT2D eigenvalue weighted by Gasteiger charge is 2.32. The molecule has 5 atom stereocenters. The number of amides is 4. The Morgan fingerprint density at radius 3 is 2.30 bits per heavy atom. The lowest BCUT2D eigenvalue weighted by atomic mass is 9.96. The molecule has 0 aliphatic carbocycles. The number of hydrogen-bond donors (Lipinski definition) is 7. The largest absolute Gasteiger partial charge is 0.480 e. The molecule has 1 aromatic carbocycles. The number of carbonyl (C=O) groups excluding carboxylic acids is 4. The molecule has 0 spiro atoms. The molecule has 13 heteroatoms. The van der Waals surface area contributed by atoms with Crippen LogP contribution < -0.4 is 27.4 Å². The smallest absolute Gasteiger partial charge is 0.326 e. The first kappa shape index (κ1) is 32.6. The van der Waals surface area contributed by atoms with Gasteiger partial charge in [-0.2, -0.15) is 11.8 Å². The number of aliphatic carboxylic acids is 1. The normalized spacial score (nSPS) is 14.9. The van der Waals surface area contributed by atoms with Gasteiger partial charge in [-0.05, 0) is 48.8 Å². The van der Waals surface area contributed by atoms with Gasteiger partial charge in [0, 0.05) is 23.5 Å². The van der Waals surface area contributed by atoms with Crippen LogP contribution in [-0.2, 0) is 30.4 Å². The Bertz CT molecular complexity index is 1190. The van der Waals surface area contributed by atoms with Crippen LogP contribution in [0.1, 0.15) is 45.1 Å². The summed E-state index contributed by atoms with van der Waals surface area (Å²) >= 11 is 1.43. The summed E-state index contributed by atoms with van der Waals surface area (Å²) < 4.78 is 0. The fraction of sp³-hybridized carbons (Fsp3) is 0.519. The number of carbonyl (C=O) groups is 5. The van der Waals surface area contributed by atoms with Gasteiger partial charge in [-0.1, -0.05) is 38.5 Å². The molecule has 5 unspecified atom stereocenters. The standard InChI is InChI=1S/C27H40N6O6S/c1-4-15(2)23(33-24(35)18(28)13-16-14-30-19-8-6-5-7-17(16)19)26(37)31-20(9-10-22(29)34)25(36)32-21(27(38)39)11-12-40-3/h5-8,14-15,18,20-21,23,30H,4,9-13,28H2,1-3H3,(H2,29,34)(H,31,37)(H,32,36)(H,33,35)(H,38,39). The molecule has 40 heavy (non-hydrogen) atoms. The van der Waals surface area contributed by atoms with Gasteiger partial charge < -0.3 is 37.5 Å². The molecular weight excluding hydrogens is 536 g/mol. The molecule has 2 rings (SSSR count). The first-order valence-electron chi connectivity index (χ1n) is 13.2. The van der Waals surface area contributed by atoms with Crippen LogP contribution in [0.2, 0.25) is 0 Å². The minimum Gasteiger partial charge on any atom is -0.480 e. The van der Waals surface area contributed by atoms with Crippen LogP contribution in [-0.4, -0.2) is 75.9 Å². The van der Waals surface area contributed by atoms with Gasteiger partial charge in [-0.3, -0.25) is 19.2 Å². The number of nitrogens with one attached hydrogen (secondary N) is 4. The topological polar surface area (TPSA) is 209 Å². The van der Waals surface area contributed by atoms with E-state index in [0.717, 1.165) is 16.5 Å². The van der Waals surface area contributed by atoms with E-state index in [2.05, 4.69) is 20.9 Å². The van der Waals surface area contributed by atoms with Crippen molar-refractivity contribution < 1.29 is 29.1 Å². The lowest BCUT2D eigenvalue weighted by molar-refractivity contribution is -0.142. The van der Waals surface area contributed by atoms with Crippen molar-refractivity contribution in [3.63, 3.8) is 0 Å². The zero-order valence-electron chi connectivity index (χ0n) is 23.1. The SMILES string of the molecule is CCC(C)C(NC(=O)C(N)Cc1c[nH]c2ccccc12)C(=O)NC(CCC(N)=O)C(=O)NC(CCSC)C(=O)O. The van der Waals surface area contributed by atoms with E-state index >= 15 is 0 Å². The molecule has 0 saturated heterocycles. The van der Waals surface area contributed by atoms with E-state index in [0.29, 0.717) is 12.2 Å². The zero-order chi connectivity index (χ0) is 29.8. The number of H-pyrrole nitrogens is 1. The Balaban J connectivity index is 2.15. The Kier molecular flexibility index (Phi) is 12.9. The maximum atomic E-state index is 13.4. The lowest BCUT2D eigenvalue weighted by Crippen LogP contribution is -2.58. The monoisotopic (exact) mass is 576 g/mol. The molecule has 0 saturated carbocycles. The highest BCUT2D eigenvalue weighted by atomic mass is 32.2. The highest BCUT2D eigenvalue weighted by molar-refractivity contribution is 7.98. The Morgan fingerprint density at radius 1 is 1.00 bits per heavy atom. The van der Waals surface area contributed by atoms with Crippen molar-refractivity contribution >= 4 is 52.3 Å². The second-order valence-electron chi connectivity index (χ2n) is 9.79. The molecule has 4 amide bonds. The van der Waals surface area contributed by atoms with E-state index in [1.807, 2.05) is 37.4 Å². The van der Waals surface area contributed by atoms with E-state index in [9.17, 15) is 29.1 Å². The van der Waals surface area contributed by atoms with Crippen molar-refractivity contribution in [3.05, 3.63) is 36.0 Å². The van der Waals surface area contributed by atoms with Gasteiger partial charge in [0.25, 0.3) is 0 Å². The molecule has 1 aromatic heterocycles. The summed E-state index contributed by atoms with van der Waals surface area (Å²) in [5, 5.41) is 18.2. The lowest BCUT2D eigenvalue weighted by Gasteiger charge is -2.28. The molecule has 12 nitrogen and oxygen atoms in total. The van der Waals surface area contributed by atoms with Crippen LogP contribution in [0.5, 0.6) is 0 Å². The van der Waals surface area contributed by atoms with Crippen LogP contribution in [0, 0.1) is 5.92 Å². The van der Waals surface area contributed by atoms with E-state index in [4.69, 9.17) is 11.5 Å². The number of fused-ring (bicyclic) bond motifs is 1. The van der Waals surface area contributed by atoms with Crippen LogP contribution in [0.15, 0.2) is 30.5 Å². The van der Waals surface area contributed by atoms with Gasteiger partial charge in [-0.15, -0.1) is 0 Å². The van der Waals surface area contributed by atoms with Gasteiger partial charge in [-0.25, -0.2) is 4.79 Å². The number of aromatic amines is 1.